The van der Waals surface area contributed by atoms with Gasteiger partial charge in [0.05, 0.1) is 12.3 Å². The molecule has 2 nitrogen and oxygen atoms in total. The molecule has 2 aliphatic heterocycles. The minimum atomic E-state index is -0.440. The Morgan fingerprint density at radius 1 is 0.465 bits per heavy atom. The van der Waals surface area contributed by atoms with E-state index >= 15 is 0 Å². The molecule has 2 aromatic heterocycles. The van der Waals surface area contributed by atoms with Gasteiger partial charge in [-0.2, -0.15) is 0 Å². The predicted octanol–water partition coefficient (Wildman–Crippen LogP) is 6.16. The maximum absolute atomic E-state index is 2.76. The van der Waals surface area contributed by atoms with Crippen LogP contribution in [0.2, 0.25) is 0 Å². The van der Waals surface area contributed by atoms with Crippen LogP contribution in [0.1, 0.15) is 101 Å². The van der Waals surface area contributed by atoms with E-state index < -0.39 is 5.66 Å². The molecule has 4 heterocycles. The highest BCUT2D eigenvalue weighted by Crippen LogP contribution is 2.60. The highest BCUT2D eigenvalue weighted by molar-refractivity contribution is 5.73. The molecule has 0 fully saturated rings. The van der Waals surface area contributed by atoms with Gasteiger partial charge in [0.15, 0.2) is 18.1 Å². The molecule has 0 saturated carbocycles. The van der Waals surface area contributed by atoms with Crippen molar-refractivity contribution in [1.29, 1.82) is 0 Å². The third-order valence-electron chi connectivity index (χ3n) is 11.8. The average Bonchev–Trinajstić information content (AvgIpc) is 3.05. The van der Waals surface area contributed by atoms with E-state index in [2.05, 4.69) is 119 Å². The molecule has 3 unspecified atom stereocenters. The third kappa shape index (κ3) is 2.24. The van der Waals surface area contributed by atoms with Gasteiger partial charge in [0.1, 0.15) is 11.1 Å². The number of hydrogen-bond donors (Lipinski definition) is 0. The lowest BCUT2D eigenvalue weighted by Crippen LogP contribution is -2.81. The third-order valence-corrected chi connectivity index (χ3v) is 11.8. The Labute approximate surface area is 250 Å². The van der Waals surface area contributed by atoms with E-state index in [0.717, 1.165) is 25.7 Å². The first-order chi connectivity index (χ1) is 21.3. The van der Waals surface area contributed by atoms with E-state index in [1.54, 1.807) is 27.8 Å². The lowest BCUT2D eigenvalue weighted by atomic mass is 9.56. The zero-order chi connectivity index (χ0) is 27.6. The molecule has 2 heteroatoms. The van der Waals surface area contributed by atoms with E-state index in [4.69, 9.17) is 0 Å². The summed E-state index contributed by atoms with van der Waals surface area (Å²) in [7, 11) is 0. The molecule has 6 aromatic rings. The van der Waals surface area contributed by atoms with Gasteiger partial charge in [0.25, 0.3) is 0 Å². The highest BCUT2D eigenvalue weighted by atomic mass is 15.3. The quantitative estimate of drug-likeness (QED) is 0.201. The molecular formula is C41H28N2+2. The van der Waals surface area contributed by atoms with Crippen molar-refractivity contribution in [2.24, 2.45) is 0 Å². The van der Waals surface area contributed by atoms with Crippen molar-refractivity contribution in [3.8, 4) is 0 Å². The minimum absolute atomic E-state index is 0.264. The van der Waals surface area contributed by atoms with Crippen LogP contribution in [-0.2, 0) is 31.3 Å². The van der Waals surface area contributed by atoms with Gasteiger partial charge in [0.2, 0.25) is 5.69 Å². The van der Waals surface area contributed by atoms with E-state index in [1.165, 1.54) is 61.5 Å². The molecule has 4 aromatic carbocycles. The summed E-state index contributed by atoms with van der Waals surface area (Å²) in [5.74, 6) is 0.548. The first-order valence-corrected chi connectivity index (χ1v) is 15.9. The maximum Gasteiger partial charge on any atom is 0.416 e. The topological polar surface area (TPSA) is 7.76 Å². The van der Waals surface area contributed by atoms with Gasteiger partial charge in [-0.1, -0.05) is 72.8 Å². The maximum atomic E-state index is 2.76. The second kappa shape index (κ2) is 7.03. The standard InChI is InChI=1S/C41H28N2/c1-2-14-31-23(8-1)18-28-21-29-20-25-10-5-9-24-19-27-12-7-17-43-40(27)37(33(24)25)35(29)39-34(28)36(31)32-15-6-11-26-22-30-13-3-4-16-42(30)41(39,43)38(26)32/h1-17,21,36-37H,18-20,22H2/q+2. The Kier molecular flexibility index (Phi) is 3.57. The van der Waals surface area contributed by atoms with E-state index in [-0.39, 0.29) is 11.8 Å². The molecule has 0 bridgehead atoms. The normalized spacial score (nSPS) is 22.6. The van der Waals surface area contributed by atoms with Crippen molar-refractivity contribution in [1.82, 2.24) is 0 Å². The molecule has 6 aliphatic rings. The molecule has 0 saturated heterocycles. The summed E-state index contributed by atoms with van der Waals surface area (Å²) in [6, 6.07) is 37.8. The number of aromatic nitrogens is 2. The summed E-state index contributed by atoms with van der Waals surface area (Å²) in [5.41, 5.74) is 23.9. The number of pyridine rings is 2. The van der Waals surface area contributed by atoms with E-state index in [9.17, 15) is 0 Å². The van der Waals surface area contributed by atoms with Crippen LogP contribution >= 0.6 is 0 Å². The number of benzene rings is 4. The minimum Gasteiger partial charge on any atom is -0.130 e. The van der Waals surface area contributed by atoms with Crippen molar-refractivity contribution in [2.45, 2.75) is 43.2 Å². The van der Waals surface area contributed by atoms with Crippen LogP contribution in [-0.4, -0.2) is 0 Å². The summed E-state index contributed by atoms with van der Waals surface area (Å²) >= 11 is 0. The molecule has 43 heavy (non-hydrogen) atoms. The lowest BCUT2D eigenvalue weighted by molar-refractivity contribution is -0.980. The summed E-state index contributed by atoms with van der Waals surface area (Å²) in [5, 5.41) is 0. The number of fused-ring (bicyclic) bond motifs is 4. The number of rotatable bonds is 0. The summed E-state index contributed by atoms with van der Waals surface area (Å²) < 4.78 is 5.43. The van der Waals surface area contributed by atoms with Crippen LogP contribution in [0.5, 0.6) is 0 Å². The summed E-state index contributed by atoms with van der Waals surface area (Å²) in [4.78, 5) is 0. The molecular weight excluding hydrogens is 520 g/mol. The average molecular weight is 549 g/mol. The first kappa shape index (κ1) is 21.8. The van der Waals surface area contributed by atoms with Crippen LogP contribution in [0.3, 0.4) is 0 Å². The molecule has 12 rings (SSSR count). The first-order valence-electron chi connectivity index (χ1n) is 15.9. The smallest absolute Gasteiger partial charge is 0.130 e. The molecule has 4 aliphatic carbocycles. The van der Waals surface area contributed by atoms with Gasteiger partial charge in [0, 0.05) is 36.1 Å². The zero-order valence-electron chi connectivity index (χ0n) is 23.8. The molecule has 200 valence electrons. The molecule has 0 amide bonds. The van der Waals surface area contributed by atoms with Crippen LogP contribution in [0.4, 0.5) is 0 Å². The molecule has 0 N–H and O–H groups in total. The largest absolute Gasteiger partial charge is 0.416 e. The van der Waals surface area contributed by atoms with Gasteiger partial charge in [-0.25, -0.2) is 0 Å². The second-order valence-electron chi connectivity index (χ2n) is 13.6. The highest BCUT2D eigenvalue weighted by Gasteiger charge is 2.70. The Morgan fingerprint density at radius 3 is 2.07 bits per heavy atom. The molecule has 1 spiro atoms. The van der Waals surface area contributed by atoms with Gasteiger partial charge in [-0.15, -0.1) is 9.13 Å². The Balaban J connectivity index is 1.36. The van der Waals surface area contributed by atoms with Gasteiger partial charge < -0.3 is 0 Å². The van der Waals surface area contributed by atoms with Crippen LogP contribution in [0, 0.1) is 0 Å². The van der Waals surface area contributed by atoms with Gasteiger partial charge in [-0.3, -0.25) is 0 Å². The van der Waals surface area contributed by atoms with Gasteiger partial charge in [-0.05, 0) is 80.1 Å². The second-order valence-corrected chi connectivity index (χ2v) is 13.6. The van der Waals surface area contributed by atoms with Crippen LogP contribution < -0.4 is 9.13 Å². The number of hydrogen-bond acceptors (Lipinski definition) is 0. The zero-order valence-corrected chi connectivity index (χ0v) is 23.8. The predicted molar refractivity (Wildman–Crippen MR) is 164 cm³/mol. The molecule has 3 atom stereocenters. The monoisotopic (exact) mass is 548 g/mol. The Hall–Kier alpha value is -4.82. The Bertz CT molecular complexity index is 2330. The van der Waals surface area contributed by atoms with E-state index in [0.29, 0.717) is 0 Å². The van der Waals surface area contributed by atoms with Crippen LogP contribution in [0.25, 0.3) is 0 Å². The SMILES string of the molecule is c1ccc2c(c1)Cc1cc3c4c5c1C2c1cccc2c1C5([n+]1ccccc1C2)[n+]1cccc2c1C4c1c(cccc1C2)C3. The lowest BCUT2D eigenvalue weighted by Gasteiger charge is -2.48. The van der Waals surface area contributed by atoms with Crippen molar-refractivity contribution in [3.63, 3.8) is 0 Å². The Morgan fingerprint density at radius 2 is 1.14 bits per heavy atom. The van der Waals surface area contributed by atoms with Crippen molar-refractivity contribution in [3.05, 3.63) is 199 Å². The van der Waals surface area contributed by atoms with Crippen molar-refractivity contribution in [2.75, 3.05) is 0 Å². The van der Waals surface area contributed by atoms with E-state index in [1.807, 2.05) is 0 Å². The fourth-order valence-electron chi connectivity index (χ4n) is 10.6. The summed E-state index contributed by atoms with van der Waals surface area (Å²) in [6.07, 6.45) is 8.82. The van der Waals surface area contributed by atoms with Crippen LogP contribution in [0.15, 0.2) is 109 Å². The summed E-state index contributed by atoms with van der Waals surface area (Å²) in [6.45, 7) is 0. The fourth-order valence-corrected chi connectivity index (χ4v) is 10.6. The number of nitrogens with zero attached hydrogens (tertiary/aromatic N) is 2. The van der Waals surface area contributed by atoms with Crippen molar-refractivity contribution >= 4 is 0 Å². The van der Waals surface area contributed by atoms with Crippen molar-refractivity contribution < 1.29 is 9.13 Å². The van der Waals surface area contributed by atoms with Gasteiger partial charge >= 0.3 is 5.66 Å². The molecule has 0 radical (unpaired) electrons. The fraction of sp³-hybridized carbons (Fsp3) is 0.171.